The molecule has 2 N–H and O–H groups in total. The van der Waals surface area contributed by atoms with Gasteiger partial charge in [-0.05, 0) is 25.5 Å². The van der Waals surface area contributed by atoms with Crippen molar-refractivity contribution in [3.05, 3.63) is 65.7 Å². The van der Waals surface area contributed by atoms with Crippen LogP contribution in [-0.2, 0) is 20.2 Å². The average Bonchev–Trinajstić information content (AvgIpc) is 2.58. The molecule has 6 heteroatoms. The molecule has 0 aliphatic heterocycles. The van der Waals surface area contributed by atoms with Crippen LogP contribution >= 0.6 is 7.60 Å². The quantitative estimate of drug-likeness (QED) is 0.655. The minimum atomic E-state index is -3.49. The van der Waals surface area contributed by atoms with Crippen molar-refractivity contribution in [3.8, 4) is 5.75 Å². The van der Waals surface area contributed by atoms with E-state index in [-0.39, 0.29) is 19.0 Å². The third-order valence-electron chi connectivity index (χ3n) is 3.51. The van der Waals surface area contributed by atoms with Gasteiger partial charge < -0.3 is 14.2 Å². The number of phenols is 1. The normalized spacial score (nSPS) is 12.9. The van der Waals surface area contributed by atoms with Crippen LogP contribution in [0.4, 0.5) is 0 Å². The summed E-state index contributed by atoms with van der Waals surface area (Å²) in [4.78, 5) is 0. The van der Waals surface area contributed by atoms with Gasteiger partial charge in [-0.1, -0.05) is 48.5 Å². The van der Waals surface area contributed by atoms with Crippen LogP contribution in [0.15, 0.2) is 54.6 Å². The molecule has 0 saturated carbocycles. The van der Waals surface area contributed by atoms with Crippen molar-refractivity contribution in [2.24, 2.45) is 0 Å². The lowest BCUT2D eigenvalue weighted by Gasteiger charge is -2.28. The zero-order chi connectivity index (χ0) is 17.4. The summed E-state index contributed by atoms with van der Waals surface area (Å²) < 4.78 is 24.2. The number of benzene rings is 2. The van der Waals surface area contributed by atoms with Crippen molar-refractivity contribution < 1.29 is 18.7 Å². The number of para-hydroxylation sites is 1. The molecule has 0 aliphatic rings. The Kier molecular flexibility index (Phi) is 7.00. The minimum absolute atomic E-state index is 0.0580. The zero-order valence-corrected chi connectivity index (χ0v) is 14.9. The van der Waals surface area contributed by atoms with E-state index in [1.54, 1.807) is 38.1 Å². The van der Waals surface area contributed by atoms with Crippen molar-refractivity contribution in [2.45, 2.75) is 26.2 Å². The Morgan fingerprint density at radius 1 is 1.00 bits per heavy atom. The Morgan fingerprint density at radius 2 is 1.58 bits per heavy atom. The molecular formula is C18H24NO4P. The van der Waals surface area contributed by atoms with Crippen LogP contribution in [0.2, 0.25) is 0 Å². The van der Waals surface area contributed by atoms with Crippen LogP contribution in [-0.4, -0.2) is 18.3 Å². The number of aromatic hydroxyl groups is 1. The molecule has 0 aromatic heterocycles. The molecule has 2 aromatic rings. The van der Waals surface area contributed by atoms with Gasteiger partial charge in [0.2, 0.25) is 0 Å². The molecule has 130 valence electrons. The summed E-state index contributed by atoms with van der Waals surface area (Å²) in [5.74, 6) is -0.693. The van der Waals surface area contributed by atoms with Crippen LogP contribution in [0.25, 0.3) is 0 Å². The lowest BCUT2D eigenvalue weighted by atomic mass is 10.2. The fourth-order valence-electron chi connectivity index (χ4n) is 2.47. The molecule has 24 heavy (non-hydrogen) atoms. The fraction of sp³-hybridized carbons (Fsp3) is 0.333. The standard InChI is InChI=1S/C18H24NO4P/c1-3-22-24(21,23-4-2)18(16-12-8-9-13-17(16)20)19-14-15-10-6-5-7-11-15/h5-13,18-20H,3-4,14H2,1-2H3. The fourth-order valence-corrected chi connectivity index (χ4v) is 4.43. The highest BCUT2D eigenvalue weighted by molar-refractivity contribution is 7.54. The second kappa shape index (κ2) is 9.00. The van der Waals surface area contributed by atoms with E-state index >= 15 is 0 Å². The van der Waals surface area contributed by atoms with Gasteiger partial charge in [-0.25, -0.2) is 0 Å². The summed E-state index contributed by atoms with van der Waals surface area (Å²) in [5, 5.41) is 13.4. The third kappa shape index (κ3) is 4.68. The van der Waals surface area contributed by atoms with E-state index in [0.29, 0.717) is 12.1 Å². The maximum Gasteiger partial charge on any atom is 0.352 e. The van der Waals surface area contributed by atoms with Gasteiger partial charge in [-0.2, -0.15) is 0 Å². The van der Waals surface area contributed by atoms with Crippen LogP contribution in [0.5, 0.6) is 5.75 Å². The van der Waals surface area contributed by atoms with E-state index in [4.69, 9.17) is 9.05 Å². The number of phenolic OH excluding ortho intramolecular Hbond substituents is 1. The Hall–Kier alpha value is -1.65. The van der Waals surface area contributed by atoms with Crippen molar-refractivity contribution in [1.82, 2.24) is 5.32 Å². The van der Waals surface area contributed by atoms with E-state index in [9.17, 15) is 9.67 Å². The Balaban J connectivity index is 2.33. The maximum atomic E-state index is 13.3. The van der Waals surface area contributed by atoms with Crippen molar-refractivity contribution in [3.63, 3.8) is 0 Å². The van der Waals surface area contributed by atoms with Crippen LogP contribution < -0.4 is 5.32 Å². The van der Waals surface area contributed by atoms with E-state index in [2.05, 4.69) is 5.32 Å². The third-order valence-corrected chi connectivity index (χ3v) is 5.84. The second-order valence-corrected chi connectivity index (χ2v) is 7.32. The first-order valence-electron chi connectivity index (χ1n) is 8.04. The molecule has 2 aromatic carbocycles. The van der Waals surface area contributed by atoms with Crippen LogP contribution in [0, 0.1) is 0 Å². The summed E-state index contributed by atoms with van der Waals surface area (Å²) in [6.45, 7) is 4.53. The van der Waals surface area contributed by atoms with Gasteiger partial charge in [0.15, 0.2) is 0 Å². The molecule has 5 nitrogen and oxygen atoms in total. The van der Waals surface area contributed by atoms with Gasteiger partial charge in [0.1, 0.15) is 11.5 Å². The molecule has 0 fully saturated rings. The van der Waals surface area contributed by atoms with E-state index < -0.39 is 13.4 Å². The summed E-state index contributed by atoms with van der Waals surface area (Å²) in [6.07, 6.45) is 0. The molecule has 0 spiro atoms. The molecule has 1 atom stereocenters. The zero-order valence-electron chi connectivity index (χ0n) is 14.0. The first-order chi connectivity index (χ1) is 11.6. The molecule has 0 amide bonds. The Labute approximate surface area is 143 Å². The Morgan fingerprint density at radius 3 is 2.17 bits per heavy atom. The average molecular weight is 349 g/mol. The van der Waals surface area contributed by atoms with E-state index in [0.717, 1.165) is 5.56 Å². The second-order valence-electron chi connectivity index (χ2n) is 5.20. The molecule has 1 unspecified atom stereocenters. The number of hydrogen-bond donors (Lipinski definition) is 2. The highest BCUT2D eigenvalue weighted by Crippen LogP contribution is 2.60. The lowest BCUT2D eigenvalue weighted by molar-refractivity contribution is 0.206. The summed E-state index contributed by atoms with van der Waals surface area (Å²) in [5.41, 5.74) is 1.54. The predicted molar refractivity (Wildman–Crippen MR) is 95.0 cm³/mol. The predicted octanol–water partition coefficient (Wildman–Crippen LogP) is 4.45. The number of hydrogen-bond acceptors (Lipinski definition) is 5. The monoisotopic (exact) mass is 349 g/mol. The first kappa shape index (κ1) is 18.7. The molecule has 0 saturated heterocycles. The van der Waals surface area contributed by atoms with Gasteiger partial charge in [0, 0.05) is 12.1 Å². The van der Waals surface area contributed by atoms with E-state index in [1.165, 1.54) is 0 Å². The van der Waals surface area contributed by atoms with Crippen molar-refractivity contribution in [1.29, 1.82) is 0 Å². The molecule has 0 radical (unpaired) electrons. The van der Waals surface area contributed by atoms with Crippen LogP contribution in [0.3, 0.4) is 0 Å². The number of nitrogens with one attached hydrogen (secondary N) is 1. The molecular weight excluding hydrogens is 325 g/mol. The van der Waals surface area contributed by atoms with Crippen molar-refractivity contribution >= 4 is 7.60 Å². The molecule has 0 aliphatic carbocycles. The van der Waals surface area contributed by atoms with Gasteiger partial charge in [0.25, 0.3) is 0 Å². The SMILES string of the molecule is CCOP(=O)(OCC)C(NCc1ccccc1)c1ccccc1O. The summed E-state index contributed by atoms with van der Waals surface area (Å²) in [7, 11) is -3.49. The van der Waals surface area contributed by atoms with Gasteiger partial charge in [0.05, 0.1) is 13.2 Å². The van der Waals surface area contributed by atoms with Gasteiger partial charge in [-0.3, -0.25) is 9.88 Å². The first-order valence-corrected chi connectivity index (χ1v) is 9.66. The van der Waals surface area contributed by atoms with Crippen molar-refractivity contribution in [2.75, 3.05) is 13.2 Å². The lowest BCUT2D eigenvalue weighted by Crippen LogP contribution is -2.23. The largest absolute Gasteiger partial charge is 0.508 e. The minimum Gasteiger partial charge on any atom is -0.508 e. The Bertz CT molecular complexity index is 668. The molecule has 0 bridgehead atoms. The molecule has 2 rings (SSSR count). The van der Waals surface area contributed by atoms with Gasteiger partial charge in [-0.15, -0.1) is 0 Å². The highest BCUT2D eigenvalue weighted by Gasteiger charge is 2.38. The van der Waals surface area contributed by atoms with Gasteiger partial charge >= 0.3 is 7.60 Å². The highest BCUT2D eigenvalue weighted by atomic mass is 31.2. The van der Waals surface area contributed by atoms with E-state index in [1.807, 2.05) is 30.3 Å². The smallest absolute Gasteiger partial charge is 0.352 e. The number of rotatable bonds is 9. The topological polar surface area (TPSA) is 67.8 Å². The summed E-state index contributed by atoms with van der Waals surface area (Å²) in [6, 6.07) is 16.6. The maximum absolute atomic E-state index is 13.3. The molecule has 0 heterocycles. The van der Waals surface area contributed by atoms with Crippen LogP contribution in [0.1, 0.15) is 30.8 Å². The summed E-state index contributed by atoms with van der Waals surface area (Å²) >= 11 is 0.